The normalized spacial score (nSPS) is 30.0. The second-order valence-corrected chi connectivity index (χ2v) is 4.57. The highest BCUT2D eigenvalue weighted by Crippen LogP contribution is 2.23. The van der Waals surface area contributed by atoms with Gasteiger partial charge in [-0.3, -0.25) is 4.90 Å². The van der Waals surface area contributed by atoms with E-state index in [1.54, 1.807) is 18.5 Å². The number of hydrogen-bond donors (Lipinski definition) is 6. The number of urea groups is 1. The number of nitrogens with zero attached hydrogens (tertiary/aromatic N) is 3. The average Bonchev–Trinajstić information content (AvgIpc) is 2.57. The van der Waals surface area contributed by atoms with Crippen LogP contribution in [0.3, 0.4) is 0 Å². The molecule has 0 aliphatic carbocycles. The lowest BCUT2D eigenvalue weighted by Crippen LogP contribution is -2.64. The van der Waals surface area contributed by atoms with Crippen molar-refractivity contribution < 1.29 is 35.1 Å². The van der Waals surface area contributed by atoms with E-state index in [0.29, 0.717) is 4.90 Å². The number of rotatable bonds is 3. The van der Waals surface area contributed by atoms with E-state index in [2.05, 4.69) is 9.97 Å². The molecule has 11 heteroatoms. The first kappa shape index (κ1) is 19.2. The van der Waals surface area contributed by atoms with Gasteiger partial charge in [0.15, 0.2) is 6.23 Å². The minimum absolute atomic E-state index is 0.558. The van der Waals surface area contributed by atoms with E-state index in [-0.39, 0.29) is 0 Å². The van der Waals surface area contributed by atoms with Gasteiger partial charge in [-0.25, -0.2) is 14.8 Å². The first-order valence-electron chi connectivity index (χ1n) is 6.61. The molecule has 0 unspecified atom stereocenters. The molecule has 0 aromatic carbocycles. The molecule has 0 radical (unpaired) electrons. The van der Waals surface area contributed by atoms with Gasteiger partial charge in [-0.2, -0.15) is 0 Å². The van der Waals surface area contributed by atoms with Crippen molar-refractivity contribution in [3.8, 4) is 0 Å². The van der Waals surface area contributed by atoms with Crippen LogP contribution in [0.2, 0.25) is 0 Å². The third-order valence-corrected chi connectivity index (χ3v) is 3.09. The van der Waals surface area contributed by atoms with Crippen LogP contribution >= 0.6 is 0 Å². The quantitative estimate of drug-likeness (QED) is 0.307. The maximum atomic E-state index is 10.9. The Kier molecular flexibility index (Phi) is 7.74. The third-order valence-electron chi connectivity index (χ3n) is 3.09. The molecule has 23 heavy (non-hydrogen) atoms. The van der Waals surface area contributed by atoms with Crippen LogP contribution < -0.4 is 5.73 Å². The van der Waals surface area contributed by atoms with Crippen molar-refractivity contribution in [3.05, 3.63) is 24.8 Å². The predicted molar refractivity (Wildman–Crippen MR) is 74.3 cm³/mol. The van der Waals surface area contributed by atoms with Gasteiger partial charge in [0.1, 0.15) is 37.5 Å². The highest BCUT2D eigenvalue weighted by molar-refractivity contribution is 5.72. The van der Waals surface area contributed by atoms with Gasteiger partial charge in [0, 0.05) is 12.4 Å². The first-order valence-corrected chi connectivity index (χ1v) is 6.61. The van der Waals surface area contributed by atoms with Gasteiger partial charge in [-0.15, -0.1) is 0 Å². The third kappa shape index (κ3) is 5.06. The van der Waals surface area contributed by atoms with Crippen molar-refractivity contribution >= 4 is 6.03 Å². The molecule has 1 aromatic rings. The van der Waals surface area contributed by atoms with E-state index in [1.807, 2.05) is 0 Å². The van der Waals surface area contributed by atoms with Crippen LogP contribution in [-0.4, -0.2) is 90.4 Å². The van der Waals surface area contributed by atoms with Crippen molar-refractivity contribution in [3.63, 3.8) is 0 Å². The summed E-state index contributed by atoms with van der Waals surface area (Å²) in [6.45, 7) is -1.46. The topological polar surface area (TPSA) is 182 Å². The van der Waals surface area contributed by atoms with E-state index < -0.39 is 50.0 Å². The minimum Gasteiger partial charge on any atom is -0.394 e. The van der Waals surface area contributed by atoms with Crippen LogP contribution in [0.5, 0.6) is 0 Å². The van der Waals surface area contributed by atoms with E-state index >= 15 is 0 Å². The van der Waals surface area contributed by atoms with Gasteiger partial charge in [-0.1, -0.05) is 0 Å². The molecule has 2 rings (SSSR count). The number of amides is 2. The van der Waals surface area contributed by atoms with Gasteiger partial charge in [-0.05, 0) is 6.07 Å². The predicted octanol–water partition coefficient (Wildman–Crippen LogP) is -3.41. The number of aliphatic hydroxyl groups excluding tert-OH is 5. The molecule has 7 N–H and O–H groups in total. The summed E-state index contributed by atoms with van der Waals surface area (Å²) in [4.78, 5) is 18.9. The van der Waals surface area contributed by atoms with Crippen molar-refractivity contribution in [2.45, 2.75) is 30.6 Å². The molecule has 1 aliphatic heterocycles. The zero-order valence-corrected chi connectivity index (χ0v) is 12.1. The number of aliphatic hydroxyl groups is 5. The smallest absolute Gasteiger partial charge is 0.318 e. The van der Waals surface area contributed by atoms with E-state index in [1.165, 1.54) is 6.33 Å². The lowest BCUT2D eigenvalue weighted by molar-refractivity contribution is -0.262. The summed E-state index contributed by atoms with van der Waals surface area (Å²) in [5.74, 6) is 0. The average molecular weight is 332 g/mol. The zero-order chi connectivity index (χ0) is 17.4. The number of aromatic nitrogens is 2. The summed E-state index contributed by atoms with van der Waals surface area (Å²) < 4.78 is 5.00. The fourth-order valence-electron chi connectivity index (χ4n) is 1.87. The van der Waals surface area contributed by atoms with Gasteiger partial charge in [0.05, 0.1) is 6.61 Å². The highest BCUT2D eigenvalue weighted by atomic mass is 16.6. The number of carbonyl (C=O) groups excluding carboxylic acids is 1. The summed E-state index contributed by atoms with van der Waals surface area (Å²) in [5.41, 5.74) is 4.94. The molecule has 1 aromatic heterocycles. The van der Waals surface area contributed by atoms with Crippen LogP contribution in [0.25, 0.3) is 0 Å². The van der Waals surface area contributed by atoms with Crippen molar-refractivity contribution in [1.82, 2.24) is 14.9 Å². The number of nitrogens with two attached hydrogens (primary N) is 1. The van der Waals surface area contributed by atoms with Crippen LogP contribution in [0.15, 0.2) is 24.8 Å². The summed E-state index contributed by atoms with van der Waals surface area (Å²) in [6.07, 6.45) is -2.52. The van der Waals surface area contributed by atoms with Gasteiger partial charge >= 0.3 is 6.03 Å². The van der Waals surface area contributed by atoms with Crippen LogP contribution in [0.4, 0.5) is 4.79 Å². The van der Waals surface area contributed by atoms with Crippen LogP contribution in [0, 0.1) is 0 Å². The largest absolute Gasteiger partial charge is 0.394 e. The molecule has 0 spiro atoms. The molecule has 1 saturated heterocycles. The summed E-state index contributed by atoms with van der Waals surface area (Å²) in [5, 5.41) is 46.3. The fraction of sp³-hybridized carbons (Fsp3) is 0.583. The van der Waals surface area contributed by atoms with Gasteiger partial charge < -0.3 is 36.0 Å². The number of ether oxygens (including phenoxy) is 1. The second kappa shape index (κ2) is 9.29. The SMILES string of the molecule is NC(=O)N(CO)[C@@H]1O[C@H](CO)[C@@H](O)[C@H](O)[C@H]1O.c1cncnc1. The van der Waals surface area contributed by atoms with E-state index in [4.69, 9.17) is 20.7 Å². The highest BCUT2D eigenvalue weighted by Gasteiger charge is 2.46. The summed E-state index contributed by atoms with van der Waals surface area (Å²) in [6, 6.07) is 0.705. The molecular formula is C12H20N4O7. The fourth-order valence-corrected chi connectivity index (χ4v) is 1.87. The Morgan fingerprint density at radius 2 is 1.74 bits per heavy atom. The van der Waals surface area contributed by atoms with E-state index in [0.717, 1.165) is 0 Å². The molecule has 1 fully saturated rings. The molecule has 0 saturated carbocycles. The summed E-state index contributed by atoms with van der Waals surface area (Å²) in [7, 11) is 0. The minimum atomic E-state index is -1.65. The maximum absolute atomic E-state index is 10.9. The Hall–Kier alpha value is -1.89. The van der Waals surface area contributed by atoms with Crippen LogP contribution in [-0.2, 0) is 4.74 Å². The van der Waals surface area contributed by atoms with Crippen LogP contribution in [0.1, 0.15) is 0 Å². The molecule has 5 atom stereocenters. The summed E-state index contributed by atoms with van der Waals surface area (Å²) >= 11 is 0. The molecule has 2 heterocycles. The molecule has 11 nitrogen and oxygen atoms in total. The maximum Gasteiger partial charge on any atom is 0.318 e. The Labute approximate surface area is 131 Å². The Balaban J connectivity index is 0.000000366. The molecule has 2 amide bonds. The Bertz CT molecular complexity index is 437. The molecule has 1 aliphatic rings. The number of hydrogen-bond acceptors (Lipinski definition) is 9. The second-order valence-electron chi connectivity index (χ2n) is 4.57. The lowest BCUT2D eigenvalue weighted by Gasteiger charge is -2.43. The Morgan fingerprint density at radius 1 is 1.13 bits per heavy atom. The van der Waals surface area contributed by atoms with Gasteiger partial charge in [0.2, 0.25) is 0 Å². The standard InChI is InChI=1S/C8H16N2O7.C4H4N2/c9-8(16)10(2-12)7-6(15)5(14)4(13)3(1-11)17-7;1-2-5-4-6-3-1/h3-7,11-15H,1-2H2,(H2,9,16);1-4H/t3-,4-,5+,6-,7-;/m1./s1. The zero-order valence-electron chi connectivity index (χ0n) is 12.1. The Morgan fingerprint density at radius 3 is 2.09 bits per heavy atom. The monoisotopic (exact) mass is 332 g/mol. The number of primary amides is 1. The van der Waals surface area contributed by atoms with Crippen molar-refractivity contribution in [2.75, 3.05) is 13.3 Å². The van der Waals surface area contributed by atoms with Crippen molar-refractivity contribution in [1.29, 1.82) is 0 Å². The van der Waals surface area contributed by atoms with Crippen molar-refractivity contribution in [2.24, 2.45) is 5.73 Å². The molecule has 0 bridgehead atoms. The lowest BCUT2D eigenvalue weighted by atomic mass is 9.98. The number of carbonyl (C=O) groups is 1. The van der Waals surface area contributed by atoms with E-state index in [9.17, 15) is 20.1 Å². The first-order chi connectivity index (χ1) is 10.9. The van der Waals surface area contributed by atoms with Gasteiger partial charge in [0.25, 0.3) is 0 Å². The molecule has 130 valence electrons. The molecular weight excluding hydrogens is 312 g/mol.